The minimum absolute atomic E-state index is 0.0468. The van der Waals surface area contributed by atoms with Gasteiger partial charge in [0.05, 0.1) is 20.1 Å². The first-order valence-corrected chi connectivity index (χ1v) is 7.35. The summed E-state index contributed by atoms with van der Waals surface area (Å²) in [5, 5.41) is 8.71. The lowest BCUT2D eigenvalue weighted by Gasteiger charge is -2.13. The number of halogens is 1. The smallest absolute Gasteiger partial charge is 0.307 e. The van der Waals surface area contributed by atoms with Crippen molar-refractivity contribution >= 4 is 16.0 Å². The molecule has 0 aliphatic carbocycles. The Balaban J connectivity index is 3.11. The van der Waals surface area contributed by atoms with Crippen molar-refractivity contribution in [2.45, 2.75) is 11.8 Å². The van der Waals surface area contributed by atoms with Gasteiger partial charge < -0.3 is 14.6 Å². The van der Waals surface area contributed by atoms with Crippen LogP contribution in [0.3, 0.4) is 0 Å². The summed E-state index contributed by atoms with van der Waals surface area (Å²) in [7, 11) is -1.63. The first kappa shape index (κ1) is 17.2. The minimum atomic E-state index is -4.20. The van der Waals surface area contributed by atoms with Crippen LogP contribution in [0.2, 0.25) is 0 Å². The van der Waals surface area contributed by atoms with Crippen molar-refractivity contribution < 1.29 is 32.2 Å². The molecule has 9 heteroatoms. The van der Waals surface area contributed by atoms with Gasteiger partial charge in [0.1, 0.15) is 10.7 Å². The van der Waals surface area contributed by atoms with E-state index in [1.807, 2.05) is 4.72 Å². The second-order valence-corrected chi connectivity index (χ2v) is 5.96. The molecule has 0 amide bonds. The lowest BCUT2D eigenvalue weighted by Crippen LogP contribution is -2.32. The average molecular weight is 321 g/mol. The number of sulfonamides is 1. The molecule has 0 saturated heterocycles. The topological polar surface area (TPSA) is 102 Å². The van der Waals surface area contributed by atoms with E-state index >= 15 is 0 Å². The maximum Gasteiger partial charge on any atom is 0.307 e. The van der Waals surface area contributed by atoms with Gasteiger partial charge in [0.25, 0.3) is 0 Å². The molecular weight excluding hydrogens is 305 g/mol. The van der Waals surface area contributed by atoms with Gasteiger partial charge in [-0.3, -0.25) is 4.79 Å². The number of methoxy groups -OCH3 is 2. The van der Waals surface area contributed by atoms with Crippen molar-refractivity contribution in [3.05, 3.63) is 17.9 Å². The molecule has 0 fully saturated rings. The van der Waals surface area contributed by atoms with Gasteiger partial charge in [-0.1, -0.05) is 6.92 Å². The first-order chi connectivity index (χ1) is 9.72. The summed E-state index contributed by atoms with van der Waals surface area (Å²) in [5.41, 5.74) is 0. The van der Waals surface area contributed by atoms with Gasteiger partial charge in [0.2, 0.25) is 10.0 Å². The van der Waals surface area contributed by atoms with Crippen LogP contribution in [0.25, 0.3) is 0 Å². The SMILES string of the molecule is COc1cc(F)c(S(=O)(=O)NCC(C)C(=O)O)cc1OC. The number of ether oxygens (including phenoxy) is 2. The van der Waals surface area contributed by atoms with Crippen molar-refractivity contribution in [1.82, 2.24) is 4.72 Å². The van der Waals surface area contributed by atoms with Gasteiger partial charge in [-0.2, -0.15) is 0 Å². The third kappa shape index (κ3) is 4.05. The Kier molecular flexibility index (Phi) is 5.50. The first-order valence-electron chi connectivity index (χ1n) is 5.87. The number of aliphatic carboxylic acids is 1. The molecule has 0 saturated carbocycles. The van der Waals surface area contributed by atoms with Crippen LogP contribution in [-0.2, 0) is 14.8 Å². The fraction of sp³-hybridized carbons (Fsp3) is 0.417. The highest BCUT2D eigenvalue weighted by Gasteiger charge is 2.24. The van der Waals surface area contributed by atoms with Crippen LogP contribution in [0.4, 0.5) is 4.39 Å². The van der Waals surface area contributed by atoms with Crippen molar-refractivity contribution in [1.29, 1.82) is 0 Å². The van der Waals surface area contributed by atoms with Crippen LogP contribution in [0, 0.1) is 11.7 Å². The molecular formula is C12H16FNO6S. The van der Waals surface area contributed by atoms with Crippen molar-refractivity contribution in [3.8, 4) is 11.5 Å². The predicted octanol–water partition coefficient (Wildman–Crippen LogP) is 0.842. The van der Waals surface area contributed by atoms with E-state index in [0.717, 1.165) is 12.1 Å². The zero-order valence-corrected chi connectivity index (χ0v) is 12.5. The molecule has 118 valence electrons. The van der Waals surface area contributed by atoms with E-state index < -0.39 is 32.6 Å². The van der Waals surface area contributed by atoms with Gasteiger partial charge in [-0.05, 0) is 0 Å². The highest BCUT2D eigenvalue weighted by molar-refractivity contribution is 7.89. The molecule has 7 nitrogen and oxygen atoms in total. The molecule has 1 atom stereocenters. The van der Waals surface area contributed by atoms with Gasteiger partial charge >= 0.3 is 5.97 Å². The molecule has 2 N–H and O–H groups in total. The second kappa shape index (κ2) is 6.72. The minimum Gasteiger partial charge on any atom is -0.493 e. The Morgan fingerprint density at radius 2 is 1.86 bits per heavy atom. The van der Waals surface area contributed by atoms with E-state index in [1.54, 1.807) is 0 Å². The Bertz CT molecular complexity index is 631. The summed E-state index contributed by atoms with van der Waals surface area (Å²) < 4.78 is 49.7. The summed E-state index contributed by atoms with van der Waals surface area (Å²) >= 11 is 0. The number of carbonyl (C=O) groups is 1. The summed E-state index contributed by atoms with van der Waals surface area (Å²) in [4.78, 5) is 10.0. The number of hydrogen-bond acceptors (Lipinski definition) is 5. The van der Waals surface area contributed by atoms with Crippen LogP contribution in [-0.4, -0.2) is 40.3 Å². The van der Waals surface area contributed by atoms with Crippen LogP contribution < -0.4 is 14.2 Å². The Morgan fingerprint density at radius 1 is 1.33 bits per heavy atom. The van der Waals surface area contributed by atoms with Gasteiger partial charge in [0, 0.05) is 18.7 Å². The standard InChI is InChI=1S/C12H16FNO6S/c1-7(12(15)16)6-14-21(17,18)11-5-10(20-3)9(19-2)4-8(11)13/h4-5,7,14H,6H2,1-3H3,(H,15,16). The van der Waals surface area contributed by atoms with E-state index in [1.165, 1.54) is 21.1 Å². The summed E-state index contributed by atoms with van der Waals surface area (Å²) in [6.07, 6.45) is 0. The van der Waals surface area contributed by atoms with E-state index in [9.17, 15) is 17.6 Å². The lowest BCUT2D eigenvalue weighted by atomic mass is 10.2. The maximum atomic E-state index is 13.9. The zero-order valence-electron chi connectivity index (χ0n) is 11.7. The van der Waals surface area contributed by atoms with Gasteiger partial charge in [-0.15, -0.1) is 0 Å². The van der Waals surface area contributed by atoms with E-state index in [-0.39, 0.29) is 18.0 Å². The molecule has 0 radical (unpaired) electrons. The molecule has 21 heavy (non-hydrogen) atoms. The zero-order chi connectivity index (χ0) is 16.2. The third-order valence-corrected chi connectivity index (χ3v) is 4.17. The Labute approximate surface area is 121 Å². The lowest BCUT2D eigenvalue weighted by molar-refractivity contribution is -0.140. The molecule has 1 aromatic rings. The Morgan fingerprint density at radius 3 is 2.33 bits per heavy atom. The normalized spacial score (nSPS) is 12.8. The van der Waals surface area contributed by atoms with E-state index in [0.29, 0.717) is 0 Å². The number of nitrogens with one attached hydrogen (secondary N) is 1. The van der Waals surface area contributed by atoms with Gasteiger partial charge in [-0.25, -0.2) is 17.5 Å². The molecule has 1 rings (SSSR count). The average Bonchev–Trinajstić information content (AvgIpc) is 2.43. The van der Waals surface area contributed by atoms with Crippen LogP contribution in [0.5, 0.6) is 11.5 Å². The number of benzene rings is 1. The predicted molar refractivity (Wildman–Crippen MR) is 71.5 cm³/mol. The van der Waals surface area contributed by atoms with Gasteiger partial charge in [0.15, 0.2) is 11.5 Å². The second-order valence-electron chi connectivity index (χ2n) is 4.23. The summed E-state index contributed by atoms with van der Waals surface area (Å²) in [5.74, 6) is -3.03. The number of hydrogen-bond donors (Lipinski definition) is 2. The largest absolute Gasteiger partial charge is 0.493 e. The quantitative estimate of drug-likeness (QED) is 0.771. The van der Waals surface area contributed by atoms with Crippen LogP contribution in [0.1, 0.15) is 6.92 Å². The molecule has 0 heterocycles. The van der Waals surface area contributed by atoms with Crippen molar-refractivity contribution in [2.24, 2.45) is 5.92 Å². The molecule has 0 aliphatic rings. The van der Waals surface area contributed by atoms with E-state index in [4.69, 9.17) is 14.6 Å². The van der Waals surface area contributed by atoms with Crippen LogP contribution in [0.15, 0.2) is 17.0 Å². The fourth-order valence-corrected chi connectivity index (χ4v) is 2.64. The van der Waals surface area contributed by atoms with E-state index in [2.05, 4.69) is 0 Å². The van der Waals surface area contributed by atoms with Crippen molar-refractivity contribution in [2.75, 3.05) is 20.8 Å². The summed E-state index contributed by atoms with van der Waals surface area (Å²) in [6.45, 7) is 0.973. The molecule has 1 unspecified atom stereocenters. The molecule has 1 aromatic carbocycles. The maximum absolute atomic E-state index is 13.9. The summed E-state index contributed by atoms with van der Waals surface area (Å²) in [6, 6.07) is 1.86. The Hall–Kier alpha value is -1.87. The molecule has 0 aliphatic heterocycles. The van der Waals surface area contributed by atoms with Crippen LogP contribution >= 0.6 is 0 Å². The molecule has 0 spiro atoms. The monoisotopic (exact) mass is 321 g/mol. The van der Waals surface area contributed by atoms with Crippen molar-refractivity contribution in [3.63, 3.8) is 0 Å². The highest BCUT2D eigenvalue weighted by Crippen LogP contribution is 2.31. The molecule has 0 aromatic heterocycles. The fourth-order valence-electron chi connectivity index (χ4n) is 1.44. The third-order valence-electron chi connectivity index (χ3n) is 2.73. The number of carboxylic acid groups (broad SMARTS) is 1. The molecule has 0 bridgehead atoms. The number of carboxylic acids is 1. The highest BCUT2D eigenvalue weighted by atomic mass is 32.2. The number of rotatable bonds is 7.